The van der Waals surface area contributed by atoms with Crippen LogP contribution in [0.2, 0.25) is 0 Å². The van der Waals surface area contributed by atoms with Gasteiger partial charge >= 0.3 is 0 Å². The molecule has 0 spiro atoms. The minimum atomic E-state index is -0.456. The zero-order valence-electron chi connectivity index (χ0n) is 10.1. The highest BCUT2D eigenvalue weighted by atomic mass is 19.1. The van der Waals surface area contributed by atoms with E-state index in [0.717, 1.165) is 5.56 Å². The summed E-state index contributed by atoms with van der Waals surface area (Å²) < 4.78 is 13.2. The molecule has 0 aliphatic rings. The molecule has 1 aromatic heterocycles. The molecule has 0 fully saturated rings. The molecule has 0 unspecified atom stereocenters. The van der Waals surface area contributed by atoms with Gasteiger partial charge in [-0.2, -0.15) is 0 Å². The van der Waals surface area contributed by atoms with Gasteiger partial charge in [0.1, 0.15) is 11.5 Å². The molecule has 1 heterocycles. The van der Waals surface area contributed by atoms with Crippen molar-refractivity contribution in [2.45, 2.75) is 13.2 Å². The number of aromatic nitrogens is 1. The van der Waals surface area contributed by atoms with Crippen molar-refractivity contribution < 1.29 is 14.3 Å². The van der Waals surface area contributed by atoms with Gasteiger partial charge in [-0.1, -0.05) is 12.1 Å². The standard InChI is InChI=1S/C14H13FN2O2/c15-12-5-4-10(7-11(12)9-18)8-17-14(19)13-3-1-2-6-16-13/h1-7,18H,8-9H2,(H,17,19). The SMILES string of the molecule is O=C(NCc1ccc(F)c(CO)c1)c1ccccn1. The van der Waals surface area contributed by atoms with Crippen molar-refractivity contribution >= 4 is 5.91 Å². The van der Waals surface area contributed by atoms with Gasteiger partial charge in [-0.15, -0.1) is 0 Å². The van der Waals surface area contributed by atoms with Crippen molar-refractivity contribution in [3.8, 4) is 0 Å². The molecular formula is C14H13FN2O2. The summed E-state index contributed by atoms with van der Waals surface area (Å²) >= 11 is 0. The Bertz CT molecular complexity index is 573. The summed E-state index contributed by atoms with van der Waals surface area (Å²) in [6, 6.07) is 9.42. The highest BCUT2D eigenvalue weighted by molar-refractivity contribution is 5.92. The van der Waals surface area contributed by atoms with Crippen molar-refractivity contribution in [3.63, 3.8) is 0 Å². The summed E-state index contributed by atoms with van der Waals surface area (Å²) in [7, 11) is 0. The van der Waals surface area contributed by atoms with Crippen molar-refractivity contribution in [2.75, 3.05) is 0 Å². The lowest BCUT2D eigenvalue weighted by Crippen LogP contribution is -2.23. The number of halogens is 1. The molecule has 1 aromatic carbocycles. The van der Waals surface area contributed by atoms with E-state index in [-0.39, 0.29) is 24.6 Å². The van der Waals surface area contributed by atoms with E-state index in [9.17, 15) is 9.18 Å². The fraction of sp³-hybridized carbons (Fsp3) is 0.143. The van der Waals surface area contributed by atoms with Crippen LogP contribution in [-0.2, 0) is 13.2 Å². The molecule has 2 N–H and O–H groups in total. The Hall–Kier alpha value is -2.27. The molecule has 0 radical (unpaired) electrons. The van der Waals surface area contributed by atoms with E-state index in [2.05, 4.69) is 10.3 Å². The summed E-state index contributed by atoms with van der Waals surface area (Å²) in [4.78, 5) is 15.7. The molecule has 5 heteroatoms. The molecule has 0 aliphatic carbocycles. The maximum absolute atomic E-state index is 13.2. The minimum Gasteiger partial charge on any atom is -0.392 e. The van der Waals surface area contributed by atoms with Crippen LogP contribution >= 0.6 is 0 Å². The van der Waals surface area contributed by atoms with Gasteiger partial charge in [0, 0.05) is 18.3 Å². The number of aliphatic hydroxyl groups excluding tert-OH is 1. The Labute approximate surface area is 109 Å². The van der Waals surface area contributed by atoms with Gasteiger partial charge < -0.3 is 10.4 Å². The van der Waals surface area contributed by atoms with Crippen LogP contribution in [0.5, 0.6) is 0 Å². The summed E-state index contributed by atoms with van der Waals surface area (Å²) in [6.45, 7) is -0.115. The molecule has 0 bridgehead atoms. The lowest BCUT2D eigenvalue weighted by Gasteiger charge is -2.06. The van der Waals surface area contributed by atoms with E-state index in [1.54, 1.807) is 24.3 Å². The molecule has 0 aliphatic heterocycles. The second-order valence-electron chi connectivity index (χ2n) is 3.98. The first-order valence-corrected chi connectivity index (χ1v) is 5.78. The number of rotatable bonds is 4. The summed E-state index contributed by atoms with van der Waals surface area (Å²) in [5.41, 5.74) is 1.26. The monoisotopic (exact) mass is 260 g/mol. The van der Waals surface area contributed by atoms with E-state index in [1.165, 1.54) is 18.3 Å². The molecule has 2 rings (SSSR count). The summed E-state index contributed by atoms with van der Waals surface area (Å²) in [6.07, 6.45) is 1.54. The number of pyridine rings is 1. The fourth-order valence-electron chi connectivity index (χ4n) is 1.63. The largest absolute Gasteiger partial charge is 0.392 e. The second kappa shape index (κ2) is 6.06. The maximum atomic E-state index is 13.2. The Balaban J connectivity index is 2.01. The quantitative estimate of drug-likeness (QED) is 0.878. The van der Waals surface area contributed by atoms with Crippen LogP contribution in [0.3, 0.4) is 0 Å². The van der Waals surface area contributed by atoms with Crippen LogP contribution < -0.4 is 5.32 Å². The maximum Gasteiger partial charge on any atom is 0.270 e. The Morgan fingerprint density at radius 3 is 2.84 bits per heavy atom. The molecule has 2 aromatic rings. The number of aliphatic hydroxyl groups is 1. The van der Waals surface area contributed by atoms with Crippen molar-refractivity contribution in [1.29, 1.82) is 0 Å². The number of nitrogens with zero attached hydrogens (tertiary/aromatic N) is 1. The van der Waals surface area contributed by atoms with Crippen LogP contribution in [0.4, 0.5) is 4.39 Å². The third-order valence-corrected chi connectivity index (χ3v) is 2.63. The number of carbonyl (C=O) groups excluding carboxylic acids is 1. The van der Waals surface area contributed by atoms with Gasteiger partial charge in [0.25, 0.3) is 5.91 Å². The zero-order valence-corrected chi connectivity index (χ0v) is 10.1. The first kappa shape index (κ1) is 13.2. The fourth-order valence-corrected chi connectivity index (χ4v) is 1.63. The van der Waals surface area contributed by atoms with Gasteiger partial charge in [-0.25, -0.2) is 4.39 Å². The molecule has 0 saturated heterocycles. The number of amides is 1. The van der Waals surface area contributed by atoms with Crippen molar-refractivity contribution in [3.05, 3.63) is 65.2 Å². The van der Waals surface area contributed by atoms with E-state index in [0.29, 0.717) is 5.69 Å². The second-order valence-corrected chi connectivity index (χ2v) is 3.98. The first-order valence-electron chi connectivity index (χ1n) is 5.78. The molecule has 19 heavy (non-hydrogen) atoms. The van der Waals surface area contributed by atoms with Crippen molar-refractivity contribution in [1.82, 2.24) is 10.3 Å². The molecule has 0 saturated carbocycles. The summed E-state index contributed by atoms with van der Waals surface area (Å²) in [5.74, 6) is -0.752. The zero-order chi connectivity index (χ0) is 13.7. The normalized spacial score (nSPS) is 10.2. The Morgan fingerprint density at radius 2 is 2.16 bits per heavy atom. The van der Waals surface area contributed by atoms with Gasteiger partial charge in [0.05, 0.1) is 6.61 Å². The number of hydrogen-bond acceptors (Lipinski definition) is 3. The van der Waals surface area contributed by atoms with E-state index >= 15 is 0 Å². The highest BCUT2D eigenvalue weighted by Gasteiger charge is 2.07. The molecular weight excluding hydrogens is 247 g/mol. The first-order chi connectivity index (χ1) is 9.20. The average Bonchev–Trinajstić information content (AvgIpc) is 2.47. The van der Waals surface area contributed by atoms with Gasteiger partial charge in [-0.05, 0) is 29.8 Å². The number of benzene rings is 1. The van der Waals surface area contributed by atoms with Gasteiger partial charge in [0.15, 0.2) is 0 Å². The van der Waals surface area contributed by atoms with E-state index in [1.807, 2.05) is 0 Å². The molecule has 98 valence electrons. The van der Waals surface area contributed by atoms with Crippen LogP contribution in [-0.4, -0.2) is 16.0 Å². The summed E-state index contributed by atoms with van der Waals surface area (Å²) in [5, 5.41) is 11.6. The smallest absolute Gasteiger partial charge is 0.270 e. The molecule has 0 atom stereocenters. The number of nitrogens with one attached hydrogen (secondary N) is 1. The Morgan fingerprint density at radius 1 is 1.32 bits per heavy atom. The lowest BCUT2D eigenvalue weighted by atomic mass is 10.1. The third-order valence-electron chi connectivity index (χ3n) is 2.63. The minimum absolute atomic E-state index is 0.213. The average molecular weight is 260 g/mol. The van der Waals surface area contributed by atoms with Gasteiger partial charge in [0.2, 0.25) is 0 Å². The van der Waals surface area contributed by atoms with Crippen LogP contribution in [0.1, 0.15) is 21.6 Å². The van der Waals surface area contributed by atoms with Crippen molar-refractivity contribution in [2.24, 2.45) is 0 Å². The topological polar surface area (TPSA) is 62.2 Å². The highest BCUT2D eigenvalue weighted by Crippen LogP contribution is 2.10. The Kier molecular flexibility index (Phi) is 4.20. The molecule has 1 amide bonds. The lowest BCUT2D eigenvalue weighted by molar-refractivity contribution is 0.0946. The third kappa shape index (κ3) is 3.35. The number of carbonyl (C=O) groups is 1. The van der Waals surface area contributed by atoms with E-state index < -0.39 is 5.82 Å². The van der Waals surface area contributed by atoms with E-state index in [4.69, 9.17) is 5.11 Å². The van der Waals surface area contributed by atoms with Crippen LogP contribution in [0, 0.1) is 5.82 Å². The predicted molar refractivity (Wildman–Crippen MR) is 67.7 cm³/mol. The van der Waals surface area contributed by atoms with Crippen LogP contribution in [0.25, 0.3) is 0 Å². The van der Waals surface area contributed by atoms with Gasteiger partial charge in [-0.3, -0.25) is 9.78 Å². The predicted octanol–water partition coefficient (Wildman–Crippen LogP) is 1.64. The number of hydrogen-bond donors (Lipinski definition) is 2. The molecule has 4 nitrogen and oxygen atoms in total. The van der Waals surface area contributed by atoms with Crippen LogP contribution in [0.15, 0.2) is 42.6 Å².